The van der Waals surface area contributed by atoms with Crippen LogP contribution in [0.2, 0.25) is 0 Å². The van der Waals surface area contributed by atoms with E-state index < -0.39 is 23.8 Å². The van der Waals surface area contributed by atoms with Crippen molar-refractivity contribution in [2.75, 3.05) is 13.2 Å². The first-order valence-corrected chi connectivity index (χ1v) is 4.85. The van der Waals surface area contributed by atoms with Crippen LogP contribution in [0, 0.1) is 0 Å². The van der Waals surface area contributed by atoms with E-state index in [1.165, 1.54) is 6.92 Å². The standard InChI is InChI=1S/C9H16F2N2O3/c1-3-16-7(15)6(14)13-9(2,4-5-12)8(10)11/h8H,3-5,12H2,1-2H3,(H,13,14). The average Bonchev–Trinajstić information content (AvgIpc) is 2.18. The van der Waals surface area contributed by atoms with Gasteiger partial charge in [0.15, 0.2) is 0 Å². The molecule has 1 atom stereocenters. The van der Waals surface area contributed by atoms with Crippen molar-refractivity contribution < 1.29 is 23.1 Å². The third-order valence-corrected chi connectivity index (χ3v) is 2.01. The molecule has 94 valence electrons. The van der Waals surface area contributed by atoms with Gasteiger partial charge in [0.1, 0.15) is 0 Å². The summed E-state index contributed by atoms with van der Waals surface area (Å²) in [5, 5.41) is 1.93. The number of rotatable bonds is 5. The number of carbonyl (C=O) groups is 2. The minimum atomic E-state index is -2.81. The molecule has 0 spiro atoms. The number of ether oxygens (including phenoxy) is 1. The fourth-order valence-corrected chi connectivity index (χ4v) is 1.03. The summed E-state index contributed by atoms with van der Waals surface area (Å²) in [4.78, 5) is 22.1. The largest absolute Gasteiger partial charge is 0.459 e. The highest BCUT2D eigenvalue weighted by Gasteiger charge is 2.37. The van der Waals surface area contributed by atoms with E-state index >= 15 is 0 Å². The Labute approximate surface area is 92.3 Å². The van der Waals surface area contributed by atoms with Gasteiger partial charge in [-0.1, -0.05) is 0 Å². The number of halogens is 2. The Bertz CT molecular complexity index is 261. The van der Waals surface area contributed by atoms with E-state index in [-0.39, 0.29) is 19.6 Å². The summed E-state index contributed by atoms with van der Waals surface area (Å²) < 4.78 is 29.7. The predicted molar refractivity (Wildman–Crippen MR) is 52.9 cm³/mol. The SMILES string of the molecule is CCOC(=O)C(=O)NC(C)(CCN)C(F)F. The minimum absolute atomic E-state index is 0.00847. The van der Waals surface area contributed by atoms with Gasteiger partial charge in [-0.15, -0.1) is 0 Å². The van der Waals surface area contributed by atoms with Crippen molar-refractivity contribution in [1.82, 2.24) is 5.32 Å². The van der Waals surface area contributed by atoms with Gasteiger partial charge in [-0.3, -0.25) is 4.79 Å². The lowest BCUT2D eigenvalue weighted by molar-refractivity contribution is -0.156. The zero-order valence-corrected chi connectivity index (χ0v) is 9.26. The Morgan fingerprint density at radius 2 is 2.06 bits per heavy atom. The van der Waals surface area contributed by atoms with Gasteiger partial charge >= 0.3 is 11.9 Å². The van der Waals surface area contributed by atoms with Crippen LogP contribution in [-0.2, 0) is 14.3 Å². The lowest BCUT2D eigenvalue weighted by Gasteiger charge is -2.28. The van der Waals surface area contributed by atoms with E-state index in [0.29, 0.717) is 0 Å². The second-order valence-corrected chi connectivity index (χ2v) is 3.43. The van der Waals surface area contributed by atoms with E-state index in [2.05, 4.69) is 4.74 Å². The van der Waals surface area contributed by atoms with Gasteiger partial charge in [-0.2, -0.15) is 0 Å². The van der Waals surface area contributed by atoms with E-state index in [9.17, 15) is 18.4 Å². The zero-order chi connectivity index (χ0) is 12.8. The van der Waals surface area contributed by atoms with Crippen LogP contribution < -0.4 is 11.1 Å². The molecule has 0 heterocycles. The summed E-state index contributed by atoms with van der Waals surface area (Å²) in [5.74, 6) is -2.36. The van der Waals surface area contributed by atoms with Crippen molar-refractivity contribution in [3.8, 4) is 0 Å². The maximum atomic E-state index is 12.7. The Balaban J connectivity index is 4.52. The van der Waals surface area contributed by atoms with Gasteiger partial charge < -0.3 is 15.8 Å². The van der Waals surface area contributed by atoms with Gasteiger partial charge in [0.05, 0.1) is 12.1 Å². The molecule has 0 aliphatic carbocycles. The first kappa shape index (κ1) is 14.8. The number of carbonyl (C=O) groups excluding carboxylic acids is 2. The van der Waals surface area contributed by atoms with Crippen molar-refractivity contribution >= 4 is 11.9 Å². The zero-order valence-electron chi connectivity index (χ0n) is 9.26. The highest BCUT2D eigenvalue weighted by atomic mass is 19.3. The molecule has 0 radical (unpaired) electrons. The summed E-state index contributed by atoms with van der Waals surface area (Å²) >= 11 is 0. The second-order valence-electron chi connectivity index (χ2n) is 3.43. The van der Waals surface area contributed by atoms with Crippen LogP contribution in [0.3, 0.4) is 0 Å². The van der Waals surface area contributed by atoms with Crippen LogP contribution in [0.15, 0.2) is 0 Å². The van der Waals surface area contributed by atoms with Crippen LogP contribution in [0.25, 0.3) is 0 Å². The molecule has 0 aliphatic heterocycles. The highest BCUT2D eigenvalue weighted by Crippen LogP contribution is 2.18. The van der Waals surface area contributed by atoms with Crippen molar-refractivity contribution in [1.29, 1.82) is 0 Å². The van der Waals surface area contributed by atoms with Crippen molar-refractivity contribution in [3.05, 3.63) is 0 Å². The molecule has 0 rings (SSSR count). The van der Waals surface area contributed by atoms with Crippen LogP contribution in [-0.4, -0.2) is 37.0 Å². The number of esters is 1. The molecule has 0 aromatic heterocycles. The van der Waals surface area contributed by atoms with E-state index in [0.717, 1.165) is 6.92 Å². The summed E-state index contributed by atoms with van der Waals surface area (Å²) in [7, 11) is 0. The molecule has 7 heteroatoms. The fraction of sp³-hybridized carbons (Fsp3) is 0.778. The molecule has 5 nitrogen and oxygen atoms in total. The normalized spacial score (nSPS) is 14.4. The number of hydrogen-bond donors (Lipinski definition) is 2. The Kier molecular flexibility index (Phi) is 5.87. The summed E-state index contributed by atoms with van der Waals surface area (Å²) in [6, 6.07) is 0. The van der Waals surface area contributed by atoms with Crippen LogP contribution in [0.4, 0.5) is 8.78 Å². The molecule has 16 heavy (non-hydrogen) atoms. The molecule has 0 bridgehead atoms. The molecule has 1 amide bonds. The number of nitrogens with two attached hydrogens (primary N) is 1. The van der Waals surface area contributed by atoms with Crippen molar-refractivity contribution in [3.63, 3.8) is 0 Å². The summed E-state index contributed by atoms with van der Waals surface area (Å²) in [5.41, 5.74) is 3.36. The number of hydrogen-bond acceptors (Lipinski definition) is 4. The Hall–Kier alpha value is -1.24. The number of alkyl halides is 2. The number of nitrogens with one attached hydrogen (secondary N) is 1. The van der Waals surface area contributed by atoms with Gasteiger partial charge in [0.2, 0.25) is 0 Å². The maximum absolute atomic E-state index is 12.7. The third kappa shape index (κ3) is 4.09. The van der Waals surface area contributed by atoms with Gasteiger partial charge in [-0.25, -0.2) is 13.6 Å². The maximum Gasteiger partial charge on any atom is 0.396 e. The number of amides is 1. The smallest absolute Gasteiger partial charge is 0.396 e. The van der Waals surface area contributed by atoms with Crippen LogP contribution in [0.5, 0.6) is 0 Å². The van der Waals surface area contributed by atoms with Gasteiger partial charge in [0, 0.05) is 0 Å². The molecular formula is C9H16F2N2O3. The molecular weight excluding hydrogens is 222 g/mol. The molecule has 1 unspecified atom stereocenters. The van der Waals surface area contributed by atoms with Gasteiger partial charge in [-0.05, 0) is 26.8 Å². The van der Waals surface area contributed by atoms with E-state index in [4.69, 9.17) is 5.73 Å². The fourth-order valence-electron chi connectivity index (χ4n) is 1.03. The topological polar surface area (TPSA) is 81.4 Å². The first-order chi connectivity index (χ1) is 7.37. The van der Waals surface area contributed by atoms with E-state index in [1.807, 2.05) is 5.32 Å². The minimum Gasteiger partial charge on any atom is -0.459 e. The molecule has 0 saturated carbocycles. The summed E-state index contributed by atoms with van der Waals surface area (Å²) in [6.07, 6.45) is -2.94. The molecule has 0 aromatic carbocycles. The quantitative estimate of drug-likeness (QED) is 0.523. The van der Waals surface area contributed by atoms with E-state index in [1.54, 1.807) is 0 Å². The second kappa shape index (κ2) is 6.37. The summed E-state index contributed by atoms with van der Waals surface area (Å²) in [6.45, 7) is 2.62. The lowest BCUT2D eigenvalue weighted by Crippen LogP contribution is -2.54. The van der Waals surface area contributed by atoms with Crippen molar-refractivity contribution in [2.45, 2.75) is 32.2 Å². The lowest BCUT2D eigenvalue weighted by atomic mass is 9.98. The Morgan fingerprint density at radius 1 is 1.50 bits per heavy atom. The van der Waals surface area contributed by atoms with Crippen molar-refractivity contribution in [2.24, 2.45) is 5.73 Å². The van der Waals surface area contributed by atoms with Crippen LogP contribution in [0.1, 0.15) is 20.3 Å². The van der Waals surface area contributed by atoms with Crippen LogP contribution >= 0.6 is 0 Å². The molecule has 0 saturated heterocycles. The molecule has 0 aromatic rings. The third-order valence-electron chi connectivity index (χ3n) is 2.01. The predicted octanol–water partition coefficient (Wildman–Crippen LogP) is 0.0383. The highest BCUT2D eigenvalue weighted by molar-refractivity contribution is 6.32. The molecule has 3 N–H and O–H groups in total. The molecule has 0 fully saturated rings. The average molecular weight is 238 g/mol. The monoisotopic (exact) mass is 238 g/mol. The molecule has 0 aliphatic rings. The van der Waals surface area contributed by atoms with Gasteiger partial charge in [0.25, 0.3) is 6.43 Å². The Morgan fingerprint density at radius 3 is 2.44 bits per heavy atom. The first-order valence-electron chi connectivity index (χ1n) is 4.85.